The van der Waals surface area contributed by atoms with Gasteiger partial charge in [0.25, 0.3) is 11.5 Å². The summed E-state index contributed by atoms with van der Waals surface area (Å²) in [6.07, 6.45) is 6.80. The molecule has 0 aliphatic carbocycles. The van der Waals surface area contributed by atoms with Gasteiger partial charge in [0, 0.05) is 50.6 Å². The first kappa shape index (κ1) is 21.5. The zero-order valence-corrected chi connectivity index (χ0v) is 18.5. The Morgan fingerprint density at radius 2 is 1.94 bits per heavy atom. The van der Waals surface area contributed by atoms with Crippen LogP contribution in [-0.4, -0.2) is 43.5 Å². The molecule has 170 valence electrons. The summed E-state index contributed by atoms with van der Waals surface area (Å²) in [5.41, 5.74) is 3.76. The number of nitrogens with one attached hydrogen (secondary N) is 1. The monoisotopic (exact) mass is 454 g/mol. The van der Waals surface area contributed by atoms with Crippen LogP contribution in [0.2, 0.25) is 0 Å². The van der Waals surface area contributed by atoms with Gasteiger partial charge >= 0.3 is 0 Å². The van der Waals surface area contributed by atoms with Gasteiger partial charge in [0.15, 0.2) is 0 Å². The Labute approximate surface area is 194 Å². The smallest absolute Gasteiger partial charge is 0.268 e. The molecule has 0 unspecified atom stereocenters. The summed E-state index contributed by atoms with van der Waals surface area (Å²) in [5.74, 6) is -0.301. The van der Waals surface area contributed by atoms with Crippen LogP contribution in [0.3, 0.4) is 0 Å². The Bertz CT molecular complexity index is 1540. The number of fused-ring (bicyclic) bond motifs is 2. The van der Waals surface area contributed by atoms with Gasteiger partial charge in [-0.2, -0.15) is 0 Å². The number of aromatic nitrogens is 5. The quantitative estimate of drug-likeness (QED) is 0.406. The van der Waals surface area contributed by atoms with Gasteiger partial charge < -0.3 is 14.6 Å². The zero-order chi connectivity index (χ0) is 23.5. The molecule has 5 aromatic rings. The van der Waals surface area contributed by atoms with Crippen molar-refractivity contribution in [2.24, 2.45) is 0 Å². The zero-order valence-electron chi connectivity index (χ0n) is 18.5. The van der Waals surface area contributed by atoms with Crippen LogP contribution in [-0.2, 0) is 17.8 Å². The molecule has 9 nitrogen and oxygen atoms in total. The van der Waals surface area contributed by atoms with E-state index in [1.54, 1.807) is 54.7 Å². The third kappa shape index (κ3) is 4.04. The van der Waals surface area contributed by atoms with Gasteiger partial charge in [-0.3, -0.25) is 24.0 Å². The minimum absolute atomic E-state index is 0.220. The lowest BCUT2D eigenvalue weighted by Crippen LogP contribution is -2.26. The summed E-state index contributed by atoms with van der Waals surface area (Å²) in [6, 6.07) is 14.5. The van der Waals surface area contributed by atoms with Crippen molar-refractivity contribution in [1.82, 2.24) is 29.2 Å². The molecule has 9 heteroatoms. The summed E-state index contributed by atoms with van der Waals surface area (Å²) in [6.45, 7) is 1.07. The number of carbonyl (C=O) groups is 1. The van der Waals surface area contributed by atoms with Crippen LogP contribution >= 0.6 is 0 Å². The molecule has 0 fully saturated rings. The number of rotatable bonds is 7. The van der Waals surface area contributed by atoms with E-state index in [0.29, 0.717) is 42.1 Å². The number of hydrogen-bond acceptors (Lipinski definition) is 6. The predicted molar refractivity (Wildman–Crippen MR) is 127 cm³/mol. The Hall–Kier alpha value is -4.37. The van der Waals surface area contributed by atoms with Crippen molar-refractivity contribution in [3.05, 3.63) is 94.9 Å². The van der Waals surface area contributed by atoms with Crippen molar-refractivity contribution >= 4 is 22.6 Å². The molecule has 0 saturated carbocycles. The average Bonchev–Trinajstić information content (AvgIpc) is 3.25. The second-order valence-electron chi connectivity index (χ2n) is 7.72. The highest BCUT2D eigenvalue weighted by Crippen LogP contribution is 2.18. The van der Waals surface area contributed by atoms with E-state index in [1.165, 1.54) is 4.40 Å². The van der Waals surface area contributed by atoms with Crippen molar-refractivity contribution in [3.8, 4) is 11.3 Å². The van der Waals surface area contributed by atoms with Gasteiger partial charge in [0.1, 0.15) is 17.0 Å². The van der Waals surface area contributed by atoms with E-state index >= 15 is 0 Å². The van der Waals surface area contributed by atoms with Crippen molar-refractivity contribution < 1.29 is 9.53 Å². The van der Waals surface area contributed by atoms with Gasteiger partial charge in [0.05, 0.1) is 17.7 Å². The highest BCUT2D eigenvalue weighted by atomic mass is 16.5. The Kier molecular flexibility index (Phi) is 5.84. The molecule has 5 rings (SSSR count). The first-order valence-electron chi connectivity index (χ1n) is 10.8. The fourth-order valence-electron chi connectivity index (χ4n) is 3.89. The van der Waals surface area contributed by atoms with Crippen LogP contribution in [0.15, 0.2) is 78.1 Å². The first-order chi connectivity index (χ1) is 16.7. The maximum atomic E-state index is 13.2. The fourth-order valence-corrected chi connectivity index (χ4v) is 3.89. The van der Waals surface area contributed by atoms with E-state index < -0.39 is 0 Å². The first-order valence-corrected chi connectivity index (χ1v) is 10.8. The summed E-state index contributed by atoms with van der Waals surface area (Å²) in [5, 5.41) is 3.34. The molecule has 0 saturated heterocycles. The van der Waals surface area contributed by atoms with E-state index in [4.69, 9.17) is 4.74 Å². The van der Waals surface area contributed by atoms with Gasteiger partial charge in [-0.05, 0) is 48.0 Å². The maximum absolute atomic E-state index is 13.2. The lowest BCUT2D eigenvalue weighted by atomic mass is 10.1. The molecule has 0 bridgehead atoms. The van der Waals surface area contributed by atoms with E-state index in [-0.39, 0.29) is 11.5 Å². The van der Waals surface area contributed by atoms with Gasteiger partial charge in [-0.1, -0.05) is 6.07 Å². The van der Waals surface area contributed by atoms with Crippen molar-refractivity contribution in [3.63, 3.8) is 0 Å². The summed E-state index contributed by atoms with van der Waals surface area (Å²) < 4.78 is 8.43. The molecule has 34 heavy (non-hydrogen) atoms. The SMILES string of the molecule is COCCn1c(C(=O)NCc2ccnc(-c3ccncc3)c2)cc2c(=O)n3ccccc3nc21. The van der Waals surface area contributed by atoms with Crippen LogP contribution in [0.4, 0.5) is 0 Å². The Morgan fingerprint density at radius 3 is 2.76 bits per heavy atom. The fraction of sp³-hybridized carbons (Fsp3) is 0.160. The number of ether oxygens (including phenoxy) is 1. The third-order valence-electron chi connectivity index (χ3n) is 5.58. The second-order valence-corrected chi connectivity index (χ2v) is 7.72. The summed E-state index contributed by atoms with van der Waals surface area (Å²) in [7, 11) is 1.59. The molecule has 0 radical (unpaired) electrons. The lowest BCUT2D eigenvalue weighted by Gasteiger charge is -2.11. The number of nitrogens with zero attached hydrogens (tertiary/aromatic N) is 5. The van der Waals surface area contributed by atoms with Crippen molar-refractivity contribution in [2.75, 3.05) is 13.7 Å². The van der Waals surface area contributed by atoms with Gasteiger partial charge in [-0.25, -0.2) is 4.98 Å². The van der Waals surface area contributed by atoms with Crippen molar-refractivity contribution in [2.45, 2.75) is 13.1 Å². The molecule has 0 atom stereocenters. The largest absolute Gasteiger partial charge is 0.383 e. The minimum Gasteiger partial charge on any atom is -0.383 e. The second kappa shape index (κ2) is 9.24. The number of amides is 1. The molecule has 1 amide bonds. The van der Waals surface area contributed by atoms with E-state index in [0.717, 1.165) is 16.8 Å². The molecule has 0 aromatic carbocycles. The van der Waals surface area contributed by atoms with Crippen LogP contribution in [0.1, 0.15) is 16.1 Å². The van der Waals surface area contributed by atoms with Gasteiger partial charge in [0.2, 0.25) is 0 Å². The molecule has 0 aliphatic heterocycles. The molecular weight excluding hydrogens is 432 g/mol. The maximum Gasteiger partial charge on any atom is 0.268 e. The topological polar surface area (TPSA) is 103 Å². The Morgan fingerprint density at radius 1 is 1.09 bits per heavy atom. The Balaban J connectivity index is 1.46. The van der Waals surface area contributed by atoms with Crippen molar-refractivity contribution in [1.29, 1.82) is 0 Å². The standard InChI is InChI=1S/C25H22N6O3/c1-34-13-12-30-21(15-19-23(30)29-22-4-2-3-11-31(22)25(19)33)24(32)28-16-17-5-10-27-20(14-17)18-6-8-26-9-7-18/h2-11,14-15H,12-13,16H2,1H3,(H,28,32). The van der Waals surface area contributed by atoms with Crippen LogP contribution < -0.4 is 10.9 Å². The summed E-state index contributed by atoms with van der Waals surface area (Å²) in [4.78, 5) is 39.3. The number of carbonyl (C=O) groups excluding carboxylic acids is 1. The third-order valence-corrected chi connectivity index (χ3v) is 5.58. The van der Waals surface area contributed by atoms with E-state index in [1.807, 2.05) is 30.3 Å². The normalized spacial score (nSPS) is 11.2. The number of methoxy groups -OCH3 is 1. The van der Waals surface area contributed by atoms with Crippen LogP contribution in [0.5, 0.6) is 0 Å². The van der Waals surface area contributed by atoms with Crippen LogP contribution in [0, 0.1) is 0 Å². The number of hydrogen-bond donors (Lipinski definition) is 1. The van der Waals surface area contributed by atoms with Gasteiger partial charge in [-0.15, -0.1) is 0 Å². The minimum atomic E-state index is -0.301. The molecule has 5 heterocycles. The lowest BCUT2D eigenvalue weighted by molar-refractivity contribution is 0.0939. The van der Waals surface area contributed by atoms with E-state index in [9.17, 15) is 9.59 Å². The molecule has 5 aromatic heterocycles. The molecule has 1 N–H and O–H groups in total. The molecular formula is C25H22N6O3. The van der Waals surface area contributed by atoms with E-state index in [2.05, 4.69) is 20.3 Å². The number of pyridine rings is 3. The van der Waals surface area contributed by atoms with Crippen LogP contribution in [0.25, 0.3) is 27.9 Å². The average molecular weight is 454 g/mol. The highest BCUT2D eigenvalue weighted by Gasteiger charge is 2.19. The highest BCUT2D eigenvalue weighted by molar-refractivity contribution is 5.98. The molecule has 0 spiro atoms. The predicted octanol–water partition coefficient (Wildman–Crippen LogP) is 2.68. The molecule has 0 aliphatic rings. The summed E-state index contributed by atoms with van der Waals surface area (Å²) >= 11 is 0.